The molecule has 0 heterocycles. The van der Waals surface area contributed by atoms with E-state index < -0.39 is 0 Å². The molecule has 3 aliphatic carbocycles. The maximum Gasteiger partial charge on any atom is 0.0624 e. The van der Waals surface area contributed by atoms with E-state index >= 15 is 0 Å². The molecule has 3 heteroatoms. The maximum absolute atomic E-state index is 10.6. The number of aliphatic hydroxyl groups is 3. The molecule has 0 bridgehead atoms. The van der Waals surface area contributed by atoms with Crippen LogP contribution in [0.1, 0.15) is 40.0 Å². The molecule has 7 atom stereocenters. The lowest BCUT2D eigenvalue weighted by Crippen LogP contribution is -2.66. The van der Waals surface area contributed by atoms with E-state index in [4.69, 9.17) is 0 Å². The predicted molar refractivity (Wildman–Crippen MR) is 68.8 cm³/mol. The summed E-state index contributed by atoms with van der Waals surface area (Å²) in [4.78, 5) is 0. The first-order chi connectivity index (χ1) is 8.31. The Bertz CT molecular complexity index is 354. The first-order valence-electron chi connectivity index (χ1n) is 7.28. The molecule has 0 amide bonds. The largest absolute Gasteiger partial charge is 0.396 e. The third kappa shape index (κ3) is 1.41. The number of aliphatic hydroxyl groups excluding tert-OH is 3. The van der Waals surface area contributed by atoms with Gasteiger partial charge in [-0.2, -0.15) is 0 Å². The molecule has 0 radical (unpaired) electrons. The molecule has 0 aromatic rings. The Balaban J connectivity index is 1.97. The molecule has 0 saturated heterocycles. The number of fused-ring (bicyclic) bond motifs is 3. The molecule has 18 heavy (non-hydrogen) atoms. The van der Waals surface area contributed by atoms with Crippen LogP contribution < -0.4 is 0 Å². The van der Waals surface area contributed by atoms with Gasteiger partial charge in [-0.1, -0.05) is 20.8 Å². The maximum atomic E-state index is 10.6. The quantitative estimate of drug-likeness (QED) is 0.663. The van der Waals surface area contributed by atoms with Gasteiger partial charge in [0.25, 0.3) is 0 Å². The number of rotatable bonds is 1. The fourth-order valence-corrected chi connectivity index (χ4v) is 5.43. The van der Waals surface area contributed by atoms with Gasteiger partial charge in [-0.05, 0) is 42.4 Å². The van der Waals surface area contributed by atoms with Crippen LogP contribution in [0.25, 0.3) is 0 Å². The van der Waals surface area contributed by atoms with Crippen molar-refractivity contribution in [3.8, 4) is 0 Å². The summed E-state index contributed by atoms with van der Waals surface area (Å²) in [5.74, 6) is 0.934. The minimum atomic E-state index is -0.382. The van der Waals surface area contributed by atoms with Gasteiger partial charge < -0.3 is 15.3 Å². The monoisotopic (exact) mass is 254 g/mol. The topological polar surface area (TPSA) is 60.7 Å². The number of hydrogen-bond acceptors (Lipinski definition) is 3. The van der Waals surface area contributed by atoms with E-state index in [9.17, 15) is 15.3 Å². The van der Waals surface area contributed by atoms with Crippen LogP contribution in [-0.2, 0) is 0 Å². The van der Waals surface area contributed by atoms with Crippen molar-refractivity contribution in [2.45, 2.75) is 52.2 Å². The highest BCUT2D eigenvalue weighted by molar-refractivity contribution is 5.15. The Kier molecular flexibility index (Phi) is 2.66. The van der Waals surface area contributed by atoms with Gasteiger partial charge in [-0.25, -0.2) is 0 Å². The second-order valence-electron chi connectivity index (χ2n) is 7.90. The smallest absolute Gasteiger partial charge is 0.0624 e. The lowest BCUT2D eigenvalue weighted by atomic mass is 9.43. The van der Waals surface area contributed by atoms with E-state index in [1.807, 2.05) is 0 Å². The zero-order valence-corrected chi connectivity index (χ0v) is 11.6. The third-order valence-electron chi connectivity index (χ3n) is 6.48. The molecule has 3 N–H and O–H groups in total. The molecule has 7 unspecified atom stereocenters. The Labute approximate surface area is 109 Å². The van der Waals surface area contributed by atoms with Crippen LogP contribution in [0.15, 0.2) is 0 Å². The van der Waals surface area contributed by atoms with Crippen LogP contribution in [0.2, 0.25) is 0 Å². The fraction of sp³-hybridized carbons (Fsp3) is 1.00. The van der Waals surface area contributed by atoms with Crippen molar-refractivity contribution in [3.63, 3.8) is 0 Å². The average Bonchev–Trinajstić information content (AvgIpc) is 2.63. The molecule has 0 spiro atoms. The molecular formula is C15H26O3. The van der Waals surface area contributed by atoms with E-state index in [1.54, 1.807) is 0 Å². The van der Waals surface area contributed by atoms with E-state index in [2.05, 4.69) is 20.8 Å². The molecule has 0 aromatic carbocycles. The average molecular weight is 254 g/mol. The summed E-state index contributed by atoms with van der Waals surface area (Å²) in [7, 11) is 0. The summed E-state index contributed by atoms with van der Waals surface area (Å²) in [6.45, 7) is 6.75. The summed E-state index contributed by atoms with van der Waals surface area (Å²) >= 11 is 0. The molecule has 3 saturated carbocycles. The zero-order chi connectivity index (χ0) is 13.3. The van der Waals surface area contributed by atoms with Gasteiger partial charge in [0, 0.05) is 17.9 Å². The normalized spacial score (nSPS) is 57.7. The third-order valence-corrected chi connectivity index (χ3v) is 6.48. The van der Waals surface area contributed by atoms with Gasteiger partial charge in [0.05, 0.1) is 12.2 Å². The van der Waals surface area contributed by atoms with Crippen LogP contribution in [-0.4, -0.2) is 34.1 Å². The molecule has 3 aliphatic rings. The Morgan fingerprint density at radius 1 is 1.06 bits per heavy atom. The van der Waals surface area contributed by atoms with Gasteiger partial charge in [0.1, 0.15) is 0 Å². The zero-order valence-electron chi connectivity index (χ0n) is 11.6. The Morgan fingerprint density at radius 3 is 2.28 bits per heavy atom. The molecule has 0 aromatic heterocycles. The lowest BCUT2D eigenvalue weighted by molar-refractivity contribution is -0.236. The lowest BCUT2D eigenvalue weighted by Gasteiger charge is -2.64. The number of hydrogen-bond donors (Lipinski definition) is 3. The van der Waals surface area contributed by atoms with Gasteiger partial charge in [0.2, 0.25) is 0 Å². The molecule has 3 nitrogen and oxygen atoms in total. The summed E-state index contributed by atoms with van der Waals surface area (Å²) < 4.78 is 0. The SMILES string of the molecule is CC1(C)CC2C(O)C(CO)C3CC(O)C3(C)C2C1. The van der Waals surface area contributed by atoms with Gasteiger partial charge in [-0.3, -0.25) is 0 Å². The summed E-state index contributed by atoms with van der Waals surface area (Å²) in [6, 6.07) is 0. The standard InChI is InChI=1S/C15H26O3/c1-14(2)5-8-11(6-14)15(3)10(4-12(15)17)9(7-16)13(8)18/h8-13,16-18H,4-7H2,1-3H3. The molecule has 3 rings (SSSR count). The molecule has 104 valence electrons. The molecular weight excluding hydrogens is 228 g/mol. The Hall–Kier alpha value is -0.120. The van der Waals surface area contributed by atoms with E-state index in [1.165, 1.54) is 0 Å². The van der Waals surface area contributed by atoms with Crippen molar-refractivity contribution in [1.29, 1.82) is 0 Å². The van der Waals surface area contributed by atoms with Crippen molar-refractivity contribution in [1.82, 2.24) is 0 Å². The van der Waals surface area contributed by atoms with Gasteiger partial charge in [0.15, 0.2) is 0 Å². The second kappa shape index (κ2) is 3.71. The first-order valence-corrected chi connectivity index (χ1v) is 7.28. The van der Waals surface area contributed by atoms with Crippen molar-refractivity contribution in [3.05, 3.63) is 0 Å². The molecule has 0 aliphatic heterocycles. The van der Waals surface area contributed by atoms with E-state index in [-0.39, 0.29) is 41.5 Å². The van der Waals surface area contributed by atoms with Crippen LogP contribution in [0.3, 0.4) is 0 Å². The second-order valence-corrected chi connectivity index (χ2v) is 7.90. The van der Waals surface area contributed by atoms with Crippen LogP contribution in [0.5, 0.6) is 0 Å². The highest BCUT2D eigenvalue weighted by Gasteiger charge is 2.67. The highest BCUT2D eigenvalue weighted by atomic mass is 16.3. The first kappa shape index (κ1) is 12.9. The van der Waals surface area contributed by atoms with Crippen LogP contribution >= 0.6 is 0 Å². The van der Waals surface area contributed by atoms with Crippen molar-refractivity contribution in [2.75, 3.05) is 6.61 Å². The Morgan fingerprint density at radius 2 is 1.72 bits per heavy atom. The van der Waals surface area contributed by atoms with Gasteiger partial charge in [-0.15, -0.1) is 0 Å². The highest BCUT2D eigenvalue weighted by Crippen LogP contribution is 2.67. The fourth-order valence-electron chi connectivity index (χ4n) is 5.43. The minimum absolute atomic E-state index is 0.0338. The predicted octanol–water partition coefficient (Wildman–Crippen LogP) is 1.41. The van der Waals surface area contributed by atoms with Crippen molar-refractivity contribution < 1.29 is 15.3 Å². The molecule has 3 fully saturated rings. The minimum Gasteiger partial charge on any atom is -0.396 e. The van der Waals surface area contributed by atoms with Crippen LogP contribution in [0.4, 0.5) is 0 Å². The summed E-state index contributed by atoms with van der Waals surface area (Å²) in [5.41, 5.74) is 0.175. The summed E-state index contributed by atoms with van der Waals surface area (Å²) in [5, 5.41) is 30.4. The van der Waals surface area contributed by atoms with Crippen LogP contribution in [0, 0.1) is 34.5 Å². The van der Waals surface area contributed by atoms with Gasteiger partial charge >= 0.3 is 0 Å². The summed E-state index contributed by atoms with van der Waals surface area (Å²) in [6.07, 6.45) is 2.24. The van der Waals surface area contributed by atoms with E-state index in [0.717, 1.165) is 19.3 Å². The van der Waals surface area contributed by atoms with Crippen molar-refractivity contribution >= 4 is 0 Å². The van der Waals surface area contributed by atoms with E-state index in [0.29, 0.717) is 11.8 Å². The van der Waals surface area contributed by atoms with Crippen molar-refractivity contribution in [2.24, 2.45) is 34.5 Å².